The van der Waals surface area contributed by atoms with Crippen molar-refractivity contribution in [3.8, 4) is 0 Å². The smallest absolute Gasteiger partial charge is 0.143 e. The van der Waals surface area contributed by atoms with Crippen molar-refractivity contribution in [1.82, 2.24) is 0 Å². The molecule has 1 N–H and O–H groups in total. The van der Waals surface area contributed by atoms with Crippen LogP contribution < -0.4 is 0 Å². The molecule has 1 rings (SSSR count). The van der Waals surface area contributed by atoms with Crippen LogP contribution in [0.15, 0.2) is 23.1 Å². The Morgan fingerprint density at radius 3 is 2.54 bits per heavy atom. The third-order valence-electron chi connectivity index (χ3n) is 1.66. The molecule has 5 heteroatoms. The van der Waals surface area contributed by atoms with E-state index in [0.717, 1.165) is 12.1 Å². The highest BCUT2D eigenvalue weighted by Crippen LogP contribution is 2.17. The van der Waals surface area contributed by atoms with E-state index in [1.807, 2.05) is 0 Å². The molecule has 0 unspecified atom stereocenters. The fourth-order valence-corrected chi connectivity index (χ4v) is 1.87. The molecule has 0 amide bonds. The van der Waals surface area contributed by atoms with E-state index in [-0.39, 0.29) is 10.6 Å². The molecule has 0 aromatic heterocycles. The fraction of sp³-hybridized carbons (Fsp3) is 0.250. The van der Waals surface area contributed by atoms with Gasteiger partial charge >= 0.3 is 0 Å². The molecule has 0 saturated carbocycles. The molecule has 1 atom stereocenters. The topological polar surface area (TPSA) is 40.9 Å². The molecule has 0 aliphatic heterocycles. The first kappa shape index (κ1) is 10.1. The minimum atomic E-state index is -3.09. The quantitative estimate of drug-likeness (QED) is 0.791. The van der Waals surface area contributed by atoms with Crippen LogP contribution in [0.25, 0.3) is 0 Å². The Labute approximate surface area is 75.6 Å². The van der Waals surface area contributed by atoms with E-state index >= 15 is 0 Å². The summed E-state index contributed by atoms with van der Waals surface area (Å²) in [5.41, 5.74) is 0. The zero-order chi connectivity index (χ0) is 10.1. The molecule has 0 spiro atoms. The van der Waals surface area contributed by atoms with Gasteiger partial charge in [0.1, 0.15) is 11.6 Å². The second-order valence-corrected chi connectivity index (χ2v) is 4.91. The first-order valence-electron chi connectivity index (χ1n) is 3.69. The summed E-state index contributed by atoms with van der Waals surface area (Å²) in [5.74, 6) is -1.62. The van der Waals surface area contributed by atoms with Crippen molar-refractivity contribution < 1.29 is 13.0 Å². The number of nitrogens with one attached hydrogen (secondary N) is 1. The molecular formula is C8H9F2NOS. The maximum atomic E-state index is 13.0. The number of hydrogen-bond acceptors (Lipinski definition) is 2. The summed E-state index contributed by atoms with van der Waals surface area (Å²) >= 11 is 0. The van der Waals surface area contributed by atoms with Crippen LogP contribution in [0.4, 0.5) is 8.78 Å². The summed E-state index contributed by atoms with van der Waals surface area (Å²) in [5, 5.41) is 0. The molecule has 0 aliphatic rings. The summed E-state index contributed by atoms with van der Waals surface area (Å²) in [4.78, 5) is -0.226. The minimum Gasteiger partial charge on any atom is -0.249 e. The van der Waals surface area contributed by atoms with E-state index in [0.29, 0.717) is 6.07 Å². The van der Waals surface area contributed by atoms with Crippen molar-refractivity contribution >= 4 is 9.73 Å². The third-order valence-corrected chi connectivity index (χ3v) is 3.51. The standard InChI is InChI=1S/C8H9F2NOS/c1-2-13(11,12)8-4-3-6(9)5-7(8)10/h3-5,11H,2H2,1H3/t13-/m0/s1. The van der Waals surface area contributed by atoms with Crippen LogP contribution in [0.1, 0.15) is 6.92 Å². The van der Waals surface area contributed by atoms with Crippen LogP contribution in [-0.2, 0) is 9.73 Å². The first-order valence-corrected chi connectivity index (χ1v) is 5.41. The zero-order valence-corrected chi connectivity index (χ0v) is 7.83. The van der Waals surface area contributed by atoms with Crippen molar-refractivity contribution in [2.75, 3.05) is 5.75 Å². The van der Waals surface area contributed by atoms with Gasteiger partial charge in [0.05, 0.1) is 14.6 Å². The molecular weight excluding hydrogens is 196 g/mol. The molecule has 13 heavy (non-hydrogen) atoms. The minimum absolute atomic E-state index is 0.0234. The van der Waals surface area contributed by atoms with E-state index in [1.165, 1.54) is 6.92 Å². The van der Waals surface area contributed by atoms with Gasteiger partial charge in [-0.3, -0.25) is 0 Å². The lowest BCUT2D eigenvalue weighted by atomic mass is 10.3. The molecule has 0 radical (unpaired) electrons. The van der Waals surface area contributed by atoms with Gasteiger partial charge in [-0.2, -0.15) is 0 Å². The molecule has 0 heterocycles. The Bertz CT molecular complexity index is 414. The summed E-state index contributed by atoms with van der Waals surface area (Å²) in [6.07, 6.45) is 0. The van der Waals surface area contributed by atoms with Crippen molar-refractivity contribution in [2.24, 2.45) is 0 Å². The van der Waals surface area contributed by atoms with Gasteiger partial charge in [0.15, 0.2) is 0 Å². The predicted molar refractivity (Wildman–Crippen MR) is 46.0 cm³/mol. The van der Waals surface area contributed by atoms with Gasteiger partial charge in [0.2, 0.25) is 0 Å². The van der Waals surface area contributed by atoms with Crippen LogP contribution in [0.5, 0.6) is 0 Å². The highest BCUT2D eigenvalue weighted by molar-refractivity contribution is 7.92. The average molecular weight is 205 g/mol. The second-order valence-electron chi connectivity index (χ2n) is 2.54. The molecule has 1 aromatic carbocycles. The highest BCUT2D eigenvalue weighted by atomic mass is 32.2. The van der Waals surface area contributed by atoms with Gasteiger partial charge in [-0.25, -0.2) is 17.8 Å². The third kappa shape index (κ3) is 2.03. The monoisotopic (exact) mass is 205 g/mol. The number of hydrogen-bond donors (Lipinski definition) is 1. The first-order chi connectivity index (χ1) is 5.97. The largest absolute Gasteiger partial charge is 0.249 e. The molecule has 0 aliphatic carbocycles. The van der Waals surface area contributed by atoms with Crippen molar-refractivity contribution in [3.05, 3.63) is 29.8 Å². The Kier molecular flexibility index (Phi) is 2.66. The summed E-state index contributed by atoms with van der Waals surface area (Å²) < 4.78 is 44.1. The van der Waals surface area contributed by atoms with E-state index < -0.39 is 21.4 Å². The highest BCUT2D eigenvalue weighted by Gasteiger charge is 2.13. The van der Waals surface area contributed by atoms with Crippen molar-refractivity contribution in [3.63, 3.8) is 0 Å². The zero-order valence-electron chi connectivity index (χ0n) is 7.01. The van der Waals surface area contributed by atoms with Gasteiger partial charge < -0.3 is 0 Å². The Morgan fingerprint density at radius 1 is 1.46 bits per heavy atom. The van der Waals surface area contributed by atoms with E-state index in [9.17, 15) is 13.0 Å². The maximum absolute atomic E-state index is 13.0. The van der Waals surface area contributed by atoms with Crippen molar-refractivity contribution in [1.29, 1.82) is 4.78 Å². The Hall–Kier alpha value is -0.970. The molecule has 0 bridgehead atoms. The number of rotatable bonds is 2. The molecule has 0 saturated heterocycles. The molecule has 0 fully saturated rings. The molecule has 1 aromatic rings. The lowest BCUT2D eigenvalue weighted by Gasteiger charge is -2.05. The van der Waals surface area contributed by atoms with Crippen molar-refractivity contribution in [2.45, 2.75) is 11.8 Å². The van der Waals surface area contributed by atoms with Gasteiger partial charge in [-0.05, 0) is 12.1 Å². The number of benzene rings is 1. The molecule has 72 valence electrons. The average Bonchev–Trinajstić information content (AvgIpc) is 2.03. The lowest BCUT2D eigenvalue weighted by Crippen LogP contribution is -2.04. The van der Waals surface area contributed by atoms with Gasteiger partial charge in [0.25, 0.3) is 0 Å². The predicted octanol–water partition coefficient (Wildman–Crippen LogP) is 2.39. The second kappa shape index (κ2) is 3.41. The van der Waals surface area contributed by atoms with Crippen LogP contribution in [0.3, 0.4) is 0 Å². The van der Waals surface area contributed by atoms with Gasteiger partial charge in [-0.15, -0.1) is 0 Å². The summed E-state index contributed by atoms with van der Waals surface area (Å²) in [6, 6.07) is 2.70. The van der Waals surface area contributed by atoms with E-state index in [1.54, 1.807) is 0 Å². The summed E-state index contributed by atoms with van der Waals surface area (Å²) in [6.45, 7) is 1.53. The van der Waals surface area contributed by atoms with Gasteiger partial charge in [0, 0.05) is 11.8 Å². The SMILES string of the molecule is CC[S@](=N)(=O)c1ccc(F)cc1F. The lowest BCUT2D eigenvalue weighted by molar-refractivity contribution is 0.561. The Balaban J connectivity index is 3.33. The number of halogens is 2. The van der Waals surface area contributed by atoms with Crippen LogP contribution in [-0.4, -0.2) is 9.96 Å². The van der Waals surface area contributed by atoms with Crippen LogP contribution in [0, 0.1) is 16.4 Å². The fourth-order valence-electron chi connectivity index (χ4n) is 0.898. The molecule has 2 nitrogen and oxygen atoms in total. The normalized spacial score (nSPS) is 15.3. The van der Waals surface area contributed by atoms with E-state index in [4.69, 9.17) is 4.78 Å². The van der Waals surface area contributed by atoms with Gasteiger partial charge in [-0.1, -0.05) is 6.92 Å². The Morgan fingerprint density at radius 2 is 2.08 bits per heavy atom. The maximum Gasteiger partial charge on any atom is 0.143 e. The van der Waals surface area contributed by atoms with Crippen LogP contribution >= 0.6 is 0 Å². The van der Waals surface area contributed by atoms with E-state index in [2.05, 4.69) is 0 Å². The summed E-state index contributed by atoms with van der Waals surface area (Å²) in [7, 11) is -3.09. The van der Waals surface area contributed by atoms with Crippen LogP contribution in [0.2, 0.25) is 0 Å².